The number of esters is 1. The van der Waals surface area contributed by atoms with E-state index in [-0.39, 0.29) is 17.2 Å². The van der Waals surface area contributed by atoms with Crippen LogP contribution in [0.1, 0.15) is 49.5 Å². The smallest absolute Gasteiger partial charge is 0.357 e. The molecule has 0 saturated heterocycles. The third kappa shape index (κ3) is 3.11. The first-order valence-electron chi connectivity index (χ1n) is 6.73. The second kappa shape index (κ2) is 6.34. The van der Waals surface area contributed by atoms with Gasteiger partial charge in [0.25, 0.3) is 0 Å². The van der Waals surface area contributed by atoms with Crippen LogP contribution in [-0.2, 0) is 4.74 Å². The van der Waals surface area contributed by atoms with Gasteiger partial charge in [-0.1, -0.05) is 6.07 Å². The molecule has 0 bridgehead atoms. The zero-order chi connectivity index (χ0) is 16.3. The molecule has 6 nitrogen and oxygen atoms in total. The molecule has 2 rings (SSSR count). The monoisotopic (exact) mass is 300 g/mol. The summed E-state index contributed by atoms with van der Waals surface area (Å²) in [5.41, 5.74) is 2.13. The molecule has 1 N–H and O–H groups in total. The third-order valence-corrected chi connectivity index (χ3v) is 3.28. The van der Waals surface area contributed by atoms with E-state index in [1.54, 1.807) is 26.0 Å². The van der Waals surface area contributed by atoms with E-state index in [9.17, 15) is 14.4 Å². The molecular weight excluding hydrogens is 284 g/mol. The van der Waals surface area contributed by atoms with Crippen LogP contribution in [0.3, 0.4) is 0 Å². The van der Waals surface area contributed by atoms with Gasteiger partial charge >= 0.3 is 5.97 Å². The van der Waals surface area contributed by atoms with Crippen molar-refractivity contribution in [3.8, 4) is 0 Å². The second-order valence-corrected chi connectivity index (χ2v) is 4.90. The van der Waals surface area contributed by atoms with E-state index in [1.807, 2.05) is 0 Å². The number of hydrogen-bond acceptors (Lipinski definition) is 5. The predicted molar refractivity (Wildman–Crippen MR) is 79.1 cm³/mol. The van der Waals surface area contributed by atoms with E-state index in [0.29, 0.717) is 16.8 Å². The maximum atomic E-state index is 12.1. The molecule has 0 amide bonds. The molecule has 0 aliphatic carbocycles. The maximum Gasteiger partial charge on any atom is 0.357 e. The number of carbonyl (C=O) groups excluding carboxylic acids is 3. The lowest BCUT2D eigenvalue weighted by Crippen LogP contribution is -2.16. The lowest BCUT2D eigenvalue weighted by Gasteiger charge is -2.03. The summed E-state index contributed by atoms with van der Waals surface area (Å²) in [4.78, 5) is 42.2. The van der Waals surface area contributed by atoms with Gasteiger partial charge in [0.15, 0.2) is 12.4 Å². The number of aromatic amines is 1. The van der Waals surface area contributed by atoms with Crippen molar-refractivity contribution in [2.24, 2.45) is 0 Å². The fourth-order valence-electron chi connectivity index (χ4n) is 2.32. The summed E-state index contributed by atoms with van der Waals surface area (Å²) in [5, 5.41) is 0. The molecule has 0 atom stereocenters. The molecular formula is C16H16N2O4. The Morgan fingerprint density at radius 3 is 2.50 bits per heavy atom. The van der Waals surface area contributed by atoms with Crippen LogP contribution in [0, 0.1) is 13.8 Å². The van der Waals surface area contributed by atoms with Gasteiger partial charge in [-0.3, -0.25) is 9.59 Å². The molecule has 114 valence electrons. The van der Waals surface area contributed by atoms with Crippen LogP contribution < -0.4 is 0 Å². The average Bonchev–Trinajstić information content (AvgIpc) is 2.80. The van der Waals surface area contributed by atoms with E-state index >= 15 is 0 Å². The Kier molecular flexibility index (Phi) is 4.50. The quantitative estimate of drug-likeness (QED) is 0.676. The van der Waals surface area contributed by atoms with E-state index in [0.717, 1.165) is 0 Å². The fraction of sp³-hybridized carbons (Fsp3) is 0.250. The van der Waals surface area contributed by atoms with Crippen LogP contribution in [0.2, 0.25) is 0 Å². The molecule has 0 radical (unpaired) electrons. The average molecular weight is 300 g/mol. The van der Waals surface area contributed by atoms with Crippen molar-refractivity contribution in [3.05, 3.63) is 52.6 Å². The van der Waals surface area contributed by atoms with Gasteiger partial charge in [-0.05, 0) is 38.5 Å². The minimum Gasteiger partial charge on any atom is -0.452 e. The van der Waals surface area contributed by atoms with E-state index in [1.165, 1.54) is 19.2 Å². The number of nitrogens with zero attached hydrogens (tertiary/aromatic N) is 1. The standard InChI is InChI=1S/C16H16N2O4/c1-9-14(11(3)19)10(2)18-15(9)13(20)8-22-16(21)12-6-4-5-7-17-12/h4-7,18H,8H2,1-3H3. The molecule has 2 aromatic heterocycles. The Morgan fingerprint density at radius 2 is 1.95 bits per heavy atom. The van der Waals surface area contributed by atoms with Crippen LogP contribution in [0.15, 0.2) is 24.4 Å². The number of aryl methyl sites for hydroxylation is 1. The largest absolute Gasteiger partial charge is 0.452 e. The third-order valence-electron chi connectivity index (χ3n) is 3.28. The van der Waals surface area contributed by atoms with Crippen LogP contribution >= 0.6 is 0 Å². The number of hydrogen-bond donors (Lipinski definition) is 1. The highest BCUT2D eigenvalue weighted by atomic mass is 16.5. The molecule has 0 saturated carbocycles. The minimum absolute atomic E-state index is 0.115. The summed E-state index contributed by atoms with van der Waals surface area (Å²) in [5.74, 6) is -1.17. The Bertz CT molecular complexity index is 732. The van der Waals surface area contributed by atoms with E-state index in [4.69, 9.17) is 4.74 Å². The van der Waals surface area contributed by atoms with Crippen molar-refractivity contribution < 1.29 is 19.1 Å². The van der Waals surface area contributed by atoms with Gasteiger partial charge in [-0.15, -0.1) is 0 Å². The van der Waals surface area contributed by atoms with Crippen molar-refractivity contribution in [1.82, 2.24) is 9.97 Å². The Hall–Kier alpha value is -2.76. The number of pyridine rings is 1. The Morgan fingerprint density at radius 1 is 1.23 bits per heavy atom. The normalized spacial score (nSPS) is 10.3. The summed E-state index contributed by atoms with van der Waals surface area (Å²) in [6.45, 7) is 4.44. The lowest BCUT2D eigenvalue weighted by atomic mass is 10.1. The van der Waals surface area contributed by atoms with Crippen LogP contribution in [0.4, 0.5) is 0 Å². The molecule has 0 fully saturated rings. The molecule has 0 aliphatic heterocycles. The van der Waals surface area contributed by atoms with Gasteiger partial charge in [-0.2, -0.15) is 0 Å². The van der Waals surface area contributed by atoms with Crippen LogP contribution in [0.25, 0.3) is 0 Å². The molecule has 22 heavy (non-hydrogen) atoms. The van der Waals surface area contributed by atoms with Gasteiger partial charge in [-0.25, -0.2) is 9.78 Å². The first-order chi connectivity index (χ1) is 10.4. The number of H-pyrrole nitrogens is 1. The van der Waals surface area contributed by atoms with Crippen LogP contribution in [0.5, 0.6) is 0 Å². The zero-order valence-electron chi connectivity index (χ0n) is 12.6. The van der Waals surface area contributed by atoms with Crippen molar-refractivity contribution >= 4 is 17.5 Å². The minimum atomic E-state index is -0.665. The van der Waals surface area contributed by atoms with Crippen molar-refractivity contribution in [1.29, 1.82) is 0 Å². The predicted octanol–water partition coefficient (Wildman–Crippen LogP) is 2.27. The molecule has 0 unspecified atom stereocenters. The van der Waals surface area contributed by atoms with Crippen molar-refractivity contribution in [3.63, 3.8) is 0 Å². The first-order valence-corrected chi connectivity index (χ1v) is 6.73. The molecule has 2 heterocycles. The van der Waals surface area contributed by atoms with E-state index < -0.39 is 18.4 Å². The highest BCUT2D eigenvalue weighted by molar-refractivity contribution is 6.04. The first kappa shape index (κ1) is 15.6. The van der Waals surface area contributed by atoms with Crippen molar-refractivity contribution in [2.75, 3.05) is 6.61 Å². The van der Waals surface area contributed by atoms with Gasteiger partial charge < -0.3 is 9.72 Å². The number of aromatic nitrogens is 2. The fourth-order valence-corrected chi connectivity index (χ4v) is 2.32. The van der Waals surface area contributed by atoms with Gasteiger partial charge in [0, 0.05) is 17.5 Å². The summed E-state index contributed by atoms with van der Waals surface area (Å²) in [6.07, 6.45) is 1.47. The highest BCUT2D eigenvalue weighted by Crippen LogP contribution is 2.19. The van der Waals surface area contributed by atoms with Crippen LogP contribution in [-0.4, -0.2) is 34.1 Å². The number of Topliss-reactive ketones (excluding diaryl/α,β-unsaturated/α-hetero) is 2. The van der Waals surface area contributed by atoms with Gasteiger partial charge in [0.1, 0.15) is 5.69 Å². The van der Waals surface area contributed by atoms with E-state index in [2.05, 4.69) is 9.97 Å². The number of carbonyl (C=O) groups is 3. The zero-order valence-corrected chi connectivity index (χ0v) is 12.6. The number of ether oxygens (including phenoxy) is 1. The maximum absolute atomic E-state index is 12.1. The van der Waals surface area contributed by atoms with Crippen molar-refractivity contribution in [2.45, 2.75) is 20.8 Å². The second-order valence-electron chi connectivity index (χ2n) is 4.90. The highest BCUT2D eigenvalue weighted by Gasteiger charge is 2.21. The topological polar surface area (TPSA) is 89.1 Å². The Labute approximate surface area is 127 Å². The number of nitrogens with one attached hydrogen (secondary N) is 1. The molecule has 0 spiro atoms. The summed E-state index contributed by atoms with van der Waals surface area (Å²) < 4.78 is 4.95. The number of rotatable bonds is 5. The lowest BCUT2D eigenvalue weighted by molar-refractivity contribution is 0.0467. The van der Waals surface area contributed by atoms with Gasteiger partial charge in [0.05, 0.1) is 5.69 Å². The Balaban J connectivity index is 2.09. The number of ketones is 2. The molecule has 0 aliphatic rings. The summed E-state index contributed by atoms with van der Waals surface area (Å²) in [7, 11) is 0. The summed E-state index contributed by atoms with van der Waals surface area (Å²) in [6, 6.07) is 4.84. The SMILES string of the molecule is CC(=O)c1c(C)[nH]c(C(=O)COC(=O)c2ccccn2)c1C. The molecule has 2 aromatic rings. The molecule has 6 heteroatoms. The summed E-state index contributed by atoms with van der Waals surface area (Å²) >= 11 is 0. The molecule has 0 aromatic carbocycles. The van der Waals surface area contributed by atoms with Gasteiger partial charge in [0.2, 0.25) is 5.78 Å².